The Morgan fingerprint density at radius 1 is 0.600 bits per heavy atom. The Labute approximate surface area is 341 Å². The molecule has 0 aliphatic heterocycles. The van der Waals surface area contributed by atoms with Gasteiger partial charge in [0.25, 0.3) is 11.1 Å². The molecule has 2 aliphatic carbocycles. The third-order valence-corrected chi connectivity index (χ3v) is 11.1. The summed E-state index contributed by atoms with van der Waals surface area (Å²) in [6.07, 6.45) is 14.1. The van der Waals surface area contributed by atoms with Gasteiger partial charge in [0.1, 0.15) is 46.2 Å². The topological polar surface area (TPSA) is 252 Å². The Hall–Kier alpha value is -7.86. The lowest BCUT2D eigenvalue weighted by Gasteiger charge is -2.34. The summed E-state index contributed by atoms with van der Waals surface area (Å²) in [5, 5.41) is 28.0. The number of rotatable bonds is 8. The van der Waals surface area contributed by atoms with Crippen LogP contribution >= 0.6 is 0 Å². The van der Waals surface area contributed by atoms with Gasteiger partial charge in [0.2, 0.25) is 0 Å². The second-order valence-electron chi connectivity index (χ2n) is 14.9. The van der Waals surface area contributed by atoms with Gasteiger partial charge in [-0.05, 0) is 74.9 Å². The first kappa shape index (κ1) is 37.7. The fourth-order valence-corrected chi connectivity index (χ4v) is 7.73. The highest BCUT2D eigenvalue weighted by molar-refractivity contribution is 5.81. The van der Waals surface area contributed by atoms with E-state index in [1.54, 1.807) is 58.7 Å². The molecule has 0 unspecified atom stereocenters. The van der Waals surface area contributed by atoms with Gasteiger partial charge in [-0.1, -0.05) is 12.1 Å². The number of nitrogens with zero attached hydrogens (tertiary/aromatic N) is 14. The third-order valence-electron chi connectivity index (χ3n) is 11.1. The van der Waals surface area contributed by atoms with Gasteiger partial charge < -0.3 is 9.97 Å². The van der Waals surface area contributed by atoms with Crippen LogP contribution in [0, 0.1) is 36.5 Å². The average Bonchev–Trinajstić information content (AvgIpc) is 3.77. The van der Waals surface area contributed by atoms with Crippen LogP contribution in [0.5, 0.6) is 0 Å². The number of hydrogen-bond acceptors (Lipinski definition) is 14. The second kappa shape index (κ2) is 15.8. The van der Waals surface area contributed by atoms with Gasteiger partial charge >= 0.3 is 0 Å². The van der Waals surface area contributed by atoms with Crippen LogP contribution in [0.2, 0.25) is 0 Å². The molecule has 10 rings (SSSR count). The predicted octanol–water partition coefficient (Wildman–Crippen LogP) is 4.39. The fourth-order valence-electron chi connectivity index (χ4n) is 7.73. The molecule has 0 radical (unpaired) electrons. The second-order valence-corrected chi connectivity index (χ2v) is 14.9. The van der Waals surface area contributed by atoms with E-state index in [0.29, 0.717) is 36.0 Å². The summed E-state index contributed by atoms with van der Waals surface area (Å²) in [6, 6.07) is 15.3. The van der Waals surface area contributed by atoms with Crippen molar-refractivity contribution < 1.29 is 0 Å². The number of aryl methyl sites for hydroxylation is 2. The van der Waals surface area contributed by atoms with E-state index in [1.807, 2.05) is 50.3 Å². The molecule has 2 N–H and O–H groups in total. The minimum atomic E-state index is -0.348. The first-order valence-corrected chi connectivity index (χ1v) is 19.5. The van der Waals surface area contributed by atoms with Crippen molar-refractivity contribution in [2.24, 2.45) is 0 Å². The van der Waals surface area contributed by atoms with Crippen molar-refractivity contribution in [3.05, 3.63) is 151 Å². The standard InChI is InChI=1S/2C21H18N8O/c2*1-12-3-4-13(10-25-12)11-29-20-17(16(9-22)28-29)21(30)27-19(26-20)15-6-5-14(15)18-23-7-2-8-24-18/h2*2-4,7-8,10,14-15H,5-6,11H2,1H3,(H,26,27,30)/t2*14-,15-/m10/s1. The molecule has 0 bridgehead atoms. The summed E-state index contributed by atoms with van der Waals surface area (Å²) in [7, 11) is 0. The number of H-pyrrole nitrogens is 2. The molecule has 18 heteroatoms. The van der Waals surface area contributed by atoms with Gasteiger partial charge in [-0.2, -0.15) is 20.7 Å². The summed E-state index contributed by atoms with van der Waals surface area (Å²) in [6.45, 7) is 4.58. The summed E-state index contributed by atoms with van der Waals surface area (Å²) < 4.78 is 3.21. The van der Waals surface area contributed by atoms with Crippen LogP contribution in [0.3, 0.4) is 0 Å². The van der Waals surface area contributed by atoms with Crippen LogP contribution in [-0.2, 0) is 13.1 Å². The molecule has 18 nitrogen and oxygen atoms in total. The number of nitriles is 2. The highest BCUT2D eigenvalue weighted by Gasteiger charge is 2.39. The Morgan fingerprint density at radius 3 is 1.33 bits per heavy atom. The maximum Gasteiger partial charge on any atom is 0.263 e. The number of hydrogen-bond donors (Lipinski definition) is 2. The average molecular weight is 797 g/mol. The molecular weight excluding hydrogens is 761 g/mol. The van der Waals surface area contributed by atoms with Crippen LogP contribution in [0.4, 0.5) is 0 Å². The minimum absolute atomic E-state index is 0.0272. The lowest BCUT2D eigenvalue weighted by atomic mass is 9.72. The maximum atomic E-state index is 12.8. The molecular formula is C42H36N16O2. The summed E-state index contributed by atoms with van der Waals surface area (Å²) >= 11 is 0. The number of aromatic amines is 2. The largest absolute Gasteiger partial charge is 0.310 e. The molecule has 2 aliphatic rings. The van der Waals surface area contributed by atoms with Crippen molar-refractivity contribution in [3.8, 4) is 12.1 Å². The summed E-state index contributed by atoms with van der Waals surface area (Å²) in [5.41, 5.74) is 3.92. The number of aromatic nitrogens is 14. The van der Waals surface area contributed by atoms with Crippen molar-refractivity contribution in [1.82, 2.24) is 69.4 Å². The van der Waals surface area contributed by atoms with Crippen LogP contribution in [0.25, 0.3) is 22.1 Å². The lowest BCUT2D eigenvalue weighted by Crippen LogP contribution is -2.28. The molecule has 0 amide bonds. The molecule has 296 valence electrons. The number of fused-ring (bicyclic) bond motifs is 2. The summed E-state index contributed by atoms with van der Waals surface area (Å²) in [4.78, 5) is 66.9. The van der Waals surface area contributed by atoms with E-state index in [4.69, 9.17) is 9.97 Å². The zero-order valence-electron chi connectivity index (χ0n) is 32.6. The normalized spacial score (nSPS) is 18.1. The molecule has 0 saturated heterocycles. The SMILES string of the molecule is Cc1ccc(Cn2nc(C#N)c3c(=O)[nH]c([C@@H]4CC[C@H]4c4ncccn4)nc32)cn1.Cc1ccc(Cn2nc(C#N)c3c(=O)[nH]c([C@H]4CC[C@@H]4c4ncccn4)nc32)cn1. The highest BCUT2D eigenvalue weighted by Crippen LogP contribution is 2.47. The van der Waals surface area contributed by atoms with Crippen LogP contribution < -0.4 is 11.1 Å². The van der Waals surface area contributed by atoms with Gasteiger partial charge in [0.15, 0.2) is 22.7 Å². The lowest BCUT2D eigenvalue weighted by molar-refractivity contribution is 0.319. The van der Waals surface area contributed by atoms with E-state index in [0.717, 1.165) is 59.8 Å². The van der Waals surface area contributed by atoms with E-state index in [9.17, 15) is 20.1 Å². The predicted molar refractivity (Wildman–Crippen MR) is 215 cm³/mol. The van der Waals surface area contributed by atoms with Crippen LogP contribution in [0.15, 0.2) is 83.2 Å². The van der Waals surface area contributed by atoms with Gasteiger partial charge in [0, 0.05) is 72.2 Å². The van der Waals surface area contributed by atoms with Crippen LogP contribution in [-0.4, -0.2) is 69.4 Å². The number of nitrogens with one attached hydrogen (secondary N) is 2. The third kappa shape index (κ3) is 7.15. The Bertz CT molecular complexity index is 2840. The molecule has 8 aromatic rings. The van der Waals surface area contributed by atoms with E-state index < -0.39 is 0 Å². The van der Waals surface area contributed by atoms with Crippen molar-refractivity contribution >= 4 is 22.1 Å². The molecule has 8 aromatic heterocycles. The highest BCUT2D eigenvalue weighted by atomic mass is 16.1. The zero-order chi connectivity index (χ0) is 41.3. The molecule has 2 saturated carbocycles. The smallest absolute Gasteiger partial charge is 0.263 e. The van der Waals surface area contributed by atoms with Crippen LogP contribution in [0.1, 0.15) is 107 Å². The first-order chi connectivity index (χ1) is 29.3. The molecule has 8 heterocycles. The molecule has 0 aromatic carbocycles. The van der Waals surface area contributed by atoms with Gasteiger partial charge in [-0.3, -0.25) is 19.6 Å². The number of pyridine rings is 2. The van der Waals surface area contributed by atoms with E-state index in [-0.39, 0.29) is 57.0 Å². The van der Waals surface area contributed by atoms with E-state index in [1.165, 1.54) is 0 Å². The van der Waals surface area contributed by atoms with E-state index >= 15 is 0 Å². The van der Waals surface area contributed by atoms with Crippen molar-refractivity contribution in [3.63, 3.8) is 0 Å². The maximum absolute atomic E-state index is 12.8. The fraction of sp³-hybridized carbons (Fsp3) is 0.286. The quantitative estimate of drug-likeness (QED) is 0.216. The Balaban J connectivity index is 0.000000154. The van der Waals surface area contributed by atoms with Crippen molar-refractivity contribution in [2.75, 3.05) is 0 Å². The van der Waals surface area contributed by atoms with Gasteiger partial charge in [-0.15, -0.1) is 0 Å². The minimum Gasteiger partial charge on any atom is -0.310 e. The monoisotopic (exact) mass is 796 g/mol. The van der Waals surface area contributed by atoms with E-state index in [2.05, 4.69) is 50.1 Å². The van der Waals surface area contributed by atoms with Crippen molar-refractivity contribution in [1.29, 1.82) is 10.5 Å². The summed E-state index contributed by atoms with van der Waals surface area (Å²) in [5.74, 6) is 2.97. The first-order valence-electron chi connectivity index (χ1n) is 19.5. The van der Waals surface area contributed by atoms with Gasteiger partial charge in [-0.25, -0.2) is 39.3 Å². The van der Waals surface area contributed by atoms with Gasteiger partial charge in [0.05, 0.1) is 13.1 Å². The molecule has 4 atom stereocenters. The van der Waals surface area contributed by atoms with Crippen molar-refractivity contribution in [2.45, 2.75) is 76.3 Å². The molecule has 2 fully saturated rings. The zero-order valence-corrected chi connectivity index (χ0v) is 32.6. The molecule has 60 heavy (non-hydrogen) atoms. The molecule has 0 spiro atoms. The Morgan fingerprint density at radius 2 is 1.00 bits per heavy atom. The Kier molecular flexibility index (Phi) is 9.94.